The molecule has 0 saturated heterocycles. The van der Waals surface area contributed by atoms with Gasteiger partial charge in [-0.3, -0.25) is 4.98 Å². The van der Waals surface area contributed by atoms with Gasteiger partial charge in [-0.1, -0.05) is 31.2 Å². The molecule has 0 amide bonds. The molecule has 0 aliphatic rings. The lowest BCUT2D eigenvalue weighted by molar-refractivity contribution is 0.406. The number of aromatic nitrogens is 1. The third-order valence-corrected chi connectivity index (χ3v) is 3.72. The van der Waals surface area contributed by atoms with Crippen LogP contribution in [-0.4, -0.2) is 31.1 Å². The number of para-hydroxylation sites is 1. The highest BCUT2D eigenvalue weighted by Crippen LogP contribution is 2.25. The highest BCUT2D eigenvalue weighted by Gasteiger charge is 2.11. The van der Waals surface area contributed by atoms with Crippen molar-refractivity contribution >= 4 is 5.96 Å². The molecule has 5 heteroatoms. The van der Waals surface area contributed by atoms with E-state index in [4.69, 9.17) is 4.74 Å². The summed E-state index contributed by atoms with van der Waals surface area (Å²) in [6, 6.07) is 14.0. The van der Waals surface area contributed by atoms with E-state index in [0.29, 0.717) is 12.5 Å². The molecule has 1 atom stereocenters. The zero-order valence-electron chi connectivity index (χ0n) is 14.6. The number of pyridine rings is 1. The summed E-state index contributed by atoms with van der Waals surface area (Å²) in [5.41, 5.74) is 2.14. The first kappa shape index (κ1) is 17.8. The Hall–Kier alpha value is -2.56. The van der Waals surface area contributed by atoms with Gasteiger partial charge in [0.2, 0.25) is 0 Å². The Bertz CT molecular complexity index is 643. The zero-order valence-corrected chi connectivity index (χ0v) is 14.6. The average Bonchev–Trinajstić information content (AvgIpc) is 2.64. The number of nitrogens with zero attached hydrogens (tertiary/aromatic N) is 2. The van der Waals surface area contributed by atoms with Crippen molar-refractivity contribution in [3.63, 3.8) is 0 Å². The molecule has 1 aromatic carbocycles. The van der Waals surface area contributed by atoms with Gasteiger partial charge in [0.05, 0.1) is 19.3 Å². The van der Waals surface area contributed by atoms with Crippen LogP contribution in [0.5, 0.6) is 5.75 Å². The maximum absolute atomic E-state index is 5.44. The minimum atomic E-state index is 0.305. The summed E-state index contributed by atoms with van der Waals surface area (Å²) in [5.74, 6) is 2.02. The summed E-state index contributed by atoms with van der Waals surface area (Å²) in [4.78, 5) is 8.89. The van der Waals surface area contributed by atoms with Crippen LogP contribution in [0.3, 0.4) is 0 Å². The zero-order chi connectivity index (χ0) is 17.2. The molecular formula is C19H26N4O. The van der Waals surface area contributed by atoms with E-state index in [2.05, 4.69) is 40.5 Å². The minimum Gasteiger partial charge on any atom is -0.496 e. The third-order valence-electron chi connectivity index (χ3n) is 3.72. The van der Waals surface area contributed by atoms with E-state index in [-0.39, 0.29) is 0 Å². The van der Waals surface area contributed by atoms with Crippen LogP contribution in [0.1, 0.15) is 31.0 Å². The predicted molar refractivity (Wildman–Crippen MR) is 98.5 cm³/mol. The first-order valence-electron chi connectivity index (χ1n) is 8.29. The SMILES string of the molecule is CCNC(=NCc1ccccn1)NCC(C)c1ccccc1OC. The topological polar surface area (TPSA) is 58.5 Å². The number of ether oxygens (including phenoxy) is 1. The highest BCUT2D eigenvalue weighted by molar-refractivity contribution is 5.79. The molecule has 1 aromatic heterocycles. The monoisotopic (exact) mass is 326 g/mol. The normalized spacial score (nSPS) is 12.5. The van der Waals surface area contributed by atoms with Gasteiger partial charge in [0.15, 0.2) is 5.96 Å². The fourth-order valence-corrected chi connectivity index (χ4v) is 2.43. The van der Waals surface area contributed by atoms with Crippen molar-refractivity contribution in [2.24, 2.45) is 4.99 Å². The van der Waals surface area contributed by atoms with Gasteiger partial charge in [-0.15, -0.1) is 0 Å². The van der Waals surface area contributed by atoms with E-state index in [1.54, 1.807) is 13.3 Å². The second-order valence-electron chi connectivity index (χ2n) is 5.54. The molecule has 0 spiro atoms. The van der Waals surface area contributed by atoms with Crippen LogP contribution in [0.15, 0.2) is 53.7 Å². The summed E-state index contributed by atoms with van der Waals surface area (Å²) < 4.78 is 5.44. The molecule has 24 heavy (non-hydrogen) atoms. The molecule has 0 radical (unpaired) electrons. The smallest absolute Gasteiger partial charge is 0.191 e. The van der Waals surface area contributed by atoms with Crippen molar-refractivity contribution in [1.29, 1.82) is 0 Å². The van der Waals surface area contributed by atoms with E-state index in [0.717, 1.165) is 30.5 Å². The fourth-order valence-electron chi connectivity index (χ4n) is 2.43. The lowest BCUT2D eigenvalue weighted by Gasteiger charge is -2.18. The Labute approximate surface area is 144 Å². The maximum atomic E-state index is 5.44. The summed E-state index contributed by atoms with van der Waals surface area (Å²) in [5, 5.41) is 6.66. The Kier molecular flexibility index (Phi) is 7.08. The van der Waals surface area contributed by atoms with Crippen molar-refractivity contribution in [3.05, 3.63) is 59.9 Å². The van der Waals surface area contributed by atoms with Gasteiger partial charge in [0, 0.05) is 25.2 Å². The number of nitrogens with one attached hydrogen (secondary N) is 2. The van der Waals surface area contributed by atoms with Gasteiger partial charge in [0.1, 0.15) is 5.75 Å². The van der Waals surface area contributed by atoms with Crippen LogP contribution >= 0.6 is 0 Å². The highest BCUT2D eigenvalue weighted by atomic mass is 16.5. The number of rotatable bonds is 7. The van der Waals surface area contributed by atoms with E-state index >= 15 is 0 Å². The number of methoxy groups -OCH3 is 1. The molecular weight excluding hydrogens is 300 g/mol. The lowest BCUT2D eigenvalue weighted by Crippen LogP contribution is -2.39. The van der Waals surface area contributed by atoms with Crippen LogP contribution < -0.4 is 15.4 Å². The van der Waals surface area contributed by atoms with Crippen molar-refractivity contribution in [1.82, 2.24) is 15.6 Å². The predicted octanol–water partition coefficient (Wildman–Crippen LogP) is 2.95. The molecule has 5 nitrogen and oxygen atoms in total. The van der Waals surface area contributed by atoms with E-state index in [1.165, 1.54) is 5.56 Å². The molecule has 1 heterocycles. The van der Waals surface area contributed by atoms with Gasteiger partial charge in [0.25, 0.3) is 0 Å². The van der Waals surface area contributed by atoms with E-state index < -0.39 is 0 Å². The summed E-state index contributed by atoms with van der Waals surface area (Å²) in [7, 11) is 1.71. The number of hydrogen-bond donors (Lipinski definition) is 2. The van der Waals surface area contributed by atoms with E-state index in [9.17, 15) is 0 Å². The van der Waals surface area contributed by atoms with Gasteiger partial charge < -0.3 is 15.4 Å². The first-order valence-corrected chi connectivity index (χ1v) is 8.29. The summed E-state index contributed by atoms with van der Waals surface area (Å²) >= 11 is 0. The number of hydrogen-bond acceptors (Lipinski definition) is 3. The quantitative estimate of drug-likeness (QED) is 0.607. The molecule has 0 aliphatic heterocycles. The van der Waals surface area contributed by atoms with Crippen molar-refractivity contribution in [2.45, 2.75) is 26.3 Å². The standard InChI is InChI=1S/C19H26N4O/c1-4-20-19(23-14-16-9-7-8-12-21-16)22-13-15(2)17-10-5-6-11-18(17)24-3/h5-12,15H,4,13-14H2,1-3H3,(H2,20,22,23). The van der Waals surface area contributed by atoms with Crippen LogP contribution in [-0.2, 0) is 6.54 Å². The van der Waals surface area contributed by atoms with Gasteiger partial charge in [-0.25, -0.2) is 4.99 Å². The molecule has 128 valence electrons. The lowest BCUT2D eigenvalue weighted by atomic mass is 10.0. The number of guanidine groups is 1. The average molecular weight is 326 g/mol. The van der Waals surface area contributed by atoms with E-state index in [1.807, 2.05) is 36.4 Å². The second-order valence-corrected chi connectivity index (χ2v) is 5.54. The molecule has 0 fully saturated rings. The van der Waals surface area contributed by atoms with Crippen molar-refractivity contribution < 1.29 is 4.74 Å². The number of aliphatic imine (C=N–C) groups is 1. The first-order chi connectivity index (χ1) is 11.7. The molecule has 0 bridgehead atoms. The molecule has 2 aromatic rings. The Morgan fingerprint density at radius 3 is 2.67 bits per heavy atom. The molecule has 1 unspecified atom stereocenters. The summed E-state index contributed by atoms with van der Waals surface area (Å²) in [6.07, 6.45) is 1.79. The second kappa shape index (κ2) is 9.55. The fraction of sp³-hybridized carbons (Fsp3) is 0.368. The Balaban J connectivity index is 1.97. The van der Waals surface area contributed by atoms with Crippen LogP contribution in [0, 0.1) is 0 Å². The Morgan fingerprint density at radius 1 is 1.17 bits per heavy atom. The van der Waals surface area contributed by atoms with Crippen molar-refractivity contribution in [2.75, 3.05) is 20.2 Å². The largest absolute Gasteiger partial charge is 0.496 e. The van der Waals surface area contributed by atoms with Gasteiger partial charge in [-0.05, 0) is 30.7 Å². The molecule has 0 saturated carbocycles. The molecule has 0 aliphatic carbocycles. The summed E-state index contributed by atoms with van der Waals surface area (Å²) in [6.45, 7) is 6.37. The third kappa shape index (κ3) is 5.26. The van der Waals surface area contributed by atoms with Crippen LogP contribution in [0.25, 0.3) is 0 Å². The molecule has 2 N–H and O–H groups in total. The van der Waals surface area contributed by atoms with Crippen molar-refractivity contribution in [3.8, 4) is 5.75 Å². The number of benzene rings is 1. The minimum absolute atomic E-state index is 0.305. The van der Waals surface area contributed by atoms with Gasteiger partial charge in [-0.2, -0.15) is 0 Å². The Morgan fingerprint density at radius 2 is 1.96 bits per heavy atom. The van der Waals surface area contributed by atoms with Crippen LogP contribution in [0.4, 0.5) is 0 Å². The maximum Gasteiger partial charge on any atom is 0.191 e. The molecule has 2 rings (SSSR count). The van der Waals surface area contributed by atoms with Gasteiger partial charge >= 0.3 is 0 Å². The van der Waals surface area contributed by atoms with Crippen LogP contribution in [0.2, 0.25) is 0 Å².